The standard InChI is InChI=1S/C37H42/c1-12-28-14-16-29(17-15-28)30-18-13-23(4)33-25(6)34-27(8)37(11)26(7)32(22(2)3)24(5)19-36(37,10)21-35(34,9)20-31(30)33/h12-18H,1-2,6-7,19-21H2,3-5,8-11H3/t35-,36+,37-/m1/s1. The van der Waals surface area contributed by atoms with E-state index in [1.165, 1.54) is 61.3 Å². The topological polar surface area (TPSA) is 0 Å². The minimum Gasteiger partial charge on any atom is -0.0985 e. The quantitative estimate of drug-likeness (QED) is 0.405. The lowest BCUT2D eigenvalue weighted by atomic mass is 9.41. The minimum absolute atomic E-state index is 0.0211. The van der Waals surface area contributed by atoms with Crippen molar-refractivity contribution in [2.45, 2.75) is 67.7 Å². The molecule has 37 heavy (non-hydrogen) atoms. The highest BCUT2D eigenvalue weighted by molar-refractivity contribution is 5.90. The predicted octanol–water partition coefficient (Wildman–Crippen LogP) is 10.5. The van der Waals surface area contributed by atoms with Gasteiger partial charge in [-0.1, -0.05) is 106 Å². The highest BCUT2D eigenvalue weighted by Crippen LogP contribution is 2.70. The Balaban J connectivity index is 1.75. The molecule has 0 fully saturated rings. The second-order valence-electron chi connectivity index (χ2n) is 12.8. The number of aryl methyl sites for hydroxylation is 1. The van der Waals surface area contributed by atoms with Gasteiger partial charge in [0.25, 0.3) is 0 Å². The summed E-state index contributed by atoms with van der Waals surface area (Å²) in [5, 5.41) is 0. The van der Waals surface area contributed by atoms with Crippen LogP contribution in [0.2, 0.25) is 0 Å². The molecule has 5 rings (SSSR count). The van der Waals surface area contributed by atoms with E-state index in [2.05, 4.69) is 98.0 Å². The molecule has 0 unspecified atom stereocenters. The van der Waals surface area contributed by atoms with Crippen LogP contribution in [-0.2, 0) is 6.42 Å². The van der Waals surface area contributed by atoms with Gasteiger partial charge in [0.2, 0.25) is 0 Å². The fourth-order valence-corrected chi connectivity index (χ4v) is 8.61. The molecule has 0 saturated heterocycles. The van der Waals surface area contributed by atoms with E-state index in [9.17, 15) is 0 Å². The summed E-state index contributed by atoms with van der Waals surface area (Å²) in [7, 11) is 0. The van der Waals surface area contributed by atoms with Crippen molar-refractivity contribution in [2.24, 2.45) is 16.2 Å². The first kappa shape index (κ1) is 25.5. The monoisotopic (exact) mass is 486 g/mol. The van der Waals surface area contributed by atoms with E-state index in [1.807, 2.05) is 6.08 Å². The van der Waals surface area contributed by atoms with Crippen molar-refractivity contribution in [2.75, 3.05) is 0 Å². The number of allylic oxidation sites excluding steroid dienone is 7. The van der Waals surface area contributed by atoms with E-state index in [1.54, 1.807) is 0 Å². The molecule has 0 bridgehead atoms. The first-order valence-electron chi connectivity index (χ1n) is 13.6. The zero-order chi connectivity index (χ0) is 27.1. The third-order valence-electron chi connectivity index (χ3n) is 10.3. The van der Waals surface area contributed by atoms with Crippen LogP contribution in [0, 0.1) is 23.2 Å². The third kappa shape index (κ3) is 3.34. The van der Waals surface area contributed by atoms with E-state index in [4.69, 9.17) is 13.2 Å². The highest BCUT2D eigenvalue weighted by Gasteiger charge is 2.59. The first-order chi connectivity index (χ1) is 17.3. The van der Waals surface area contributed by atoms with Crippen LogP contribution < -0.4 is 0 Å². The number of rotatable bonds is 3. The van der Waals surface area contributed by atoms with Crippen molar-refractivity contribution >= 4 is 11.6 Å². The van der Waals surface area contributed by atoms with Crippen molar-refractivity contribution in [3.8, 4) is 11.1 Å². The minimum atomic E-state index is -0.123. The molecular weight excluding hydrogens is 444 g/mol. The summed E-state index contributed by atoms with van der Waals surface area (Å²) < 4.78 is 0. The van der Waals surface area contributed by atoms with Crippen molar-refractivity contribution in [3.05, 3.63) is 118 Å². The highest BCUT2D eigenvalue weighted by atomic mass is 14.6. The van der Waals surface area contributed by atoms with Gasteiger partial charge in [0.1, 0.15) is 0 Å². The van der Waals surface area contributed by atoms with Crippen LogP contribution in [0.15, 0.2) is 96.2 Å². The fraction of sp³-hybridized carbons (Fsp3) is 0.351. The summed E-state index contributed by atoms with van der Waals surface area (Å²) in [5.74, 6) is 0. The van der Waals surface area contributed by atoms with E-state index in [0.29, 0.717) is 0 Å². The normalized spacial score (nSPS) is 29.1. The zero-order valence-electron chi connectivity index (χ0n) is 24.0. The molecule has 0 N–H and O–H groups in total. The van der Waals surface area contributed by atoms with Gasteiger partial charge in [0, 0.05) is 5.41 Å². The summed E-state index contributed by atoms with van der Waals surface area (Å²) in [6.07, 6.45) is 5.13. The molecule has 0 heteroatoms. The Kier molecular flexibility index (Phi) is 5.65. The largest absolute Gasteiger partial charge is 0.0985 e. The van der Waals surface area contributed by atoms with E-state index in [0.717, 1.165) is 30.4 Å². The van der Waals surface area contributed by atoms with Gasteiger partial charge in [0.15, 0.2) is 0 Å². The average Bonchev–Trinajstić information content (AvgIpc) is 2.81. The van der Waals surface area contributed by atoms with Gasteiger partial charge in [-0.05, 0) is 113 Å². The zero-order valence-corrected chi connectivity index (χ0v) is 24.0. The lowest BCUT2D eigenvalue weighted by molar-refractivity contribution is 0.0544. The number of benzene rings is 2. The SMILES string of the molecule is C=Cc1ccc(-c2ccc(C)c3c2C[C@]2(C)C[C@]4(C)CC(C)=C(C(=C)C)C(=C)[C@]4(C)C(C)=C2C3=C)cc1. The van der Waals surface area contributed by atoms with Gasteiger partial charge in [-0.15, -0.1) is 0 Å². The summed E-state index contributed by atoms with van der Waals surface area (Å²) in [5.41, 5.74) is 17.1. The van der Waals surface area contributed by atoms with Crippen molar-refractivity contribution in [3.63, 3.8) is 0 Å². The predicted molar refractivity (Wildman–Crippen MR) is 162 cm³/mol. The van der Waals surface area contributed by atoms with Gasteiger partial charge < -0.3 is 0 Å². The molecule has 0 spiro atoms. The van der Waals surface area contributed by atoms with E-state index in [-0.39, 0.29) is 16.2 Å². The molecule has 0 saturated carbocycles. The molecule has 2 aromatic carbocycles. The molecule has 3 atom stereocenters. The maximum absolute atomic E-state index is 4.81. The number of fused-ring (bicyclic) bond motifs is 3. The van der Waals surface area contributed by atoms with Gasteiger partial charge in [-0.3, -0.25) is 0 Å². The second-order valence-corrected chi connectivity index (χ2v) is 12.8. The molecule has 3 aliphatic carbocycles. The Morgan fingerprint density at radius 2 is 1.57 bits per heavy atom. The van der Waals surface area contributed by atoms with Crippen LogP contribution in [0.5, 0.6) is 0 Å². The van der Waals surface area contributed by atoms with Gasteiger partial charge in [-0.2, -0.15) is 0 Å². The molecule has 0 amide bonds. The fourth-order valence-electron chi connectivity index (χ4n) is 8.61. The van der Waals surface area contributed by atoms with Gasteiger partial charge in [0.05, 0.1) is 0 Å². The molecule has 190 valence electrons. The lowest BCUT2D eigenvalue weighted by Crippen LogP contribution is -2.52. The van der Waals surface area contributed by atoms with Crippen LogP contribution in [0.1, 0.15) is 76.6 Å². The van der Waals surface area contributed by atoms with Crippen LogP contribution in [0.25, 0.3) is 22.8 Å². The molecule has 0 nitrogen and oxygen atoms in total. The lowest BCUT2D eigenvalue weighted by Gasteiger charge is -2.62. The summed E-state index contributed by atoms with van der Waals surface area (Å²) in [4.78, 5) is 0. The summed E-state index contributed by atoms with van der Waals surface area (Å²) in [6.45, 7) is 34.3. The Hall–Kier alpha value is -3.12. The van der Waals surface area contributed by atoms with Crippen LogP contribution in [0.4, 0.5) is 0 Å². The van der Waals surface area contributed by atoms with Crippen LogP contribution in [-0.4, -0.2) is 0 Å². The maximum Gasteiger partial charge on any atom is 0.0194 e. The first-order valence-corrected chi connectivity index (χ1v) is 13.6. The molecule has 2 aromatic rings. The molecular formula is C37H42. The van der Waals surface area contributed by atoms with Gasteiger partial charge in [-0.25, -0.2) is 0 Å². The third-order valence-corrected chi connectivity index (χ3v) is 10.3. The molecule has 0 radical (unpaired) electrons. The van der Waals surface area contributed by atoms with Crippen LogP contribution >= 0.6 is 0 Å². The number of hydrogen-bond donors (Lipinski definition) is 0. The van der Waals surface area contributed by atoms with Crippen molar-refractivity contribution in [1.29, 1.82) is 0 Å². The number of hydrogen-bond acceptors (Lipinski definition) is 0. The Morgan fingerprint density at radius 3 is 2.16 bits per heavy atom. The Morgan fingerprint density at radius 1 is 0.919 bits per heavy atom. The second kappa shape index (κ2) is 8.19. The van der Waals surface area contributed by atoms with E-state index < -0.39 is 0 Å². The molecule has 0 heterocycles. The smallest absolute Gasteiger partial charge is 0.0194 e. The maximum atomic E-state index is 4.81. The van der Waals surface area contributed by atoms with Crippen molar-refractivity contribution in [1.82, 2.24) is 0 Å². The van der Waals surface area contributed by atoms with E-state index >= 15 is 0 Å². The Bertz CT molecular complexity index is 1470. The molecule has 3 aliphatic rings. The average molecular weight is 487 g/mol. The van der Waals surface area contributed by atoms with Crippen molar-refractivity contribution < 1.29 is 0 Å². The molecule has 0 aromatic heterocycles. The van der Waals surface area contributed by atoms with Gasteiger partial charge >= 0.3 is 0 Å². The summed E-state index contributed by atoms with van der Waals surface area (Å²) >= 11 is 0. The molecule has 0 aliphatic heterocycles. The summed E-state index contributed by atoms with van der Waals surface area (Å²) in [6, 6.07) is 13.4. The van der Waals surface area contributed by atoms with Crippen LogP contribution in [0.3, 0.4) is 0 Å². The Labute approximate surface area is 224 Å².